The second kappa shape index (κ2) is 9.15. The highest BCUT2D eigenvalue weighted by molar-refractivity contribution is 7.91. The zero-order valence-electron chi connectivity index (χ0n) is 17.4. The van der Waals surface area contributed by atoms with Gasteiger partial charge in [-0.25, -0.2) is 14.2 Å². The molecule has 164 valence electrons. The minimum Gasteiger partial charge on any atom is -0.610 e. The van der Waals surface area contributed by atoms with Crippen LogP contribution in [0.2, 0.25) is 0 Å². The summed E-state index contributed by atoms with van der Waals surface area (Å²) >= 11 is -0.596. The molecule has 2 aromatic heterocycles. The van der Waals surface area contributed by atoms with E-state index in [1.165, 1.54) is 17.7 Å². The molecule has 2 atom stereocenters. The van der Waals surface area contributed by atoms with Gasteiger partial charge in [-0.05, 0) is 23.8 Å². The largest absolute Gasteiger partial charge is 0.610 e. The van der Waals surface area contributed by atoms with Crippen LogP contribution in [0.15, 0.2) is 81.2 Å². The Morgan fingerprint density at radius 3 is 2.38 bits per heavy atom. The lowest BCUT2D eigenvalue weighted by atomic mass is 10.2. The summed E-state index contributed by atoms with van der Waals surface area (Å²) < 4.78 is 20.6. The van der Waals surface area contributed by atoms with Crippen molar-refractivity contribution in [3.05, 3.63) is 98.0 Å². The predicted molar refractivity (Wildman–Crippen MR) is 124 cm³/mol. The van der Waals surface area contributed by atoms with E-state index >= 15 is 0 Å². The van der Waals surface area contributed by atoms with Crippen LogP contribution in [0.5, 0.6) is 0 Å². The number of aromatic nitrogens is 2. The Labute approximate surface area is 190 Å². The third-order valence-electron chi connectivity index (χ3n) is 5.02. The molecule has 0 aliphatic rings. The van der Waals surface area contributed by atoms with Gasteiger partial charge in [-0.1, -0.05) is 48.5 Å². The summed E-state index contributed by atoms with van der Waals surface area (Å²) in [5.41, 5.74) is -0.336. The number of hydrogen-bond donors (Lipinski definition) is 0. The molecule has 4 aromatic rings. The highest BCUT2D eigenvalue weighted by atomic mass is 32.2. The number of esters is 1. The molecule has 32 heavy (non-hydrogen) atoms. The number of thiophene rings is 1. The van der Waals surface area contributed by atoms with Gasteiger partial charge in [0.1, 0.15) is 16.3 Å². The molecule has 0 aliphatic heterocycles. The maximum Gasteiger partial charge on any atom is 0.348 e. The minimum absolute atomic E-state index is 0.101. The number of benzene rings is 2. The van der Waals surface area contributed by atoms with Crippen molar-refractivity contribution in [1.29, 1.82) is 0 Å². The number of carbonyl (C=O) groups is 1. The van der Waals surface area contributed by atoms with Gasteiger partial charge in [0.2, 0.25) is 5.37 Å². The van der Waals surface area contributed by atoms with Crippen molar-refractivity contribution in [3.63, 3.8) is 0 Å². The van der Waals surface area contributed by atoms with E-state index in [2.05, 4.69) is 0 Å². The van der Waals surface area contributed by atoms with Gasteiger partial charge in [0.05, 0.1) is 5.39 Å². The second-order valence-electron chi connectivity index (χ2n) is 7.12. The average molecular weight is 469 g/mol. The van der Waals surface area contributed by atoms with E-state index in [9.17, 15) is 18.9 Å². The van der Waals surface area contributed by atoms with E-state index in [0.717, 1.165) is 21.5 Å². The summed E-state index contributed by atoms with van der Waals surface area (Å²) in [4.78, 5) is 39.8. The maximum absolute atomic E-state index is 13.2. The molecule has 0 bridgehead atoms. The first-order valence-corrected chi connectivity index (χ1v) is 11.8. The molecular weight excluding hydrogens is 448 g/mol. The normalized spacial score (nSPS) is 13.1. The fourth-order valence-electron chi connectivity index (χ4n) is 3.31. The molecular formula is C23H20N2O5S2. The third kappa shape index (κ3) is 4.14. The van der Waals surface area contributed by atoms with Crippen molar-refractivity contribution >= 4 is 38.7 Å². The fourth-order valence-corrected chi connectivity index (χ4v) is 5.51. The molecule has 0 spiro atoms. The second-order valence-corrected chi connectivity index (χ2v) is 9.90. The molecule has 2 heterocycles. The molecule has 0 aliphatic carbocycles. The van der Waals surface area contributed by atoms with Crippen molar-refractivity contribution in [3.8, 4) is 0 Å². The van der Waals surface area contributed by atoms with E-state index in [0.29, 0.717) is 9.73 Å². The summed E-state index contributed by atoms with van der Waals surface area (Å²) in [6, 6.07) is 19.3. The Morgan fingerprint density at radius 2 is 1.72 bits per heavy atom. The van der Waals surface area contributed by atoms with Crippen LogP contribution in [0.4, 0.5) is 0 Å². The van der Waals surface area contributed by atoms with E-state index < -0.39 is 33.8 Å². The first kappa shape index (κ1) is 22.1. The zero-order chi connectivity index (χ0) is 22.8. The standard InChI is InChI=1S/C23H20N2O5S2/c1-15(32(29)17-11-7-4-8-12-17)25-20(26)18-13-19(31-21(18)24(2)23(25)28)22(27)30-14-16-9-5-3-6-10-16/h3-13,15H,14H2,1-2H3. The zero-order valence-corrected chi connectivity index (χ0v) is 19.0. The molecule has 2 aromatic carbocycles. The number of ether oxygens (including phenoxy) is 1. The molecule has 0 saturated carbocycles. The molecule has 7 nitrogen and oxygen atoms in total. The topological polar surface area (TPSA) is 93.4 Å². The van der Waals surface area contributed by atoms with Crippen molar-refractivity contribution < 1.29 is 14.1 Å². The Bertz CT molecular complexity index is 1380. The van der Waals surface area contributed by atoms with Crippen LogP contribution in [-0.2, 0) is 29.6 Å². The Balaban J connectivity index is 1.69. The van der Waals surface area contributed by atoms with Crippen LogP contribution in [-0.4, -0.2) is 19.7 Å². The first-order valence-electron chi connectivity index (χ1n) is 9.80. The quantitative estimate of drug-likeness (QED) is 0.319. The van der Waals surface area contributed by atoms with Crippen molar-refractivity contribution in [2.45, 2.75) is 23.8 Å². The van der Waals surface area contributed by atoms with Crippen molar-refractivity contribution in [2.75, 3.05) is 0 Å². The SMILES string of the molecule is CC(n1c(=O)c2cc(C(=O)OCc3ccccc3)sc2n(C)c1=O)[S+]([O-])c1ccccc1. The summed E-state index contributed by atoms with van der Waals surface area (Å²) in [5.74, 6) is -0.575. The first-order chi connectivity index (χ1) is 15.4. The van der Waals surface area contributed by atoms with Gasteiger partial charge in [-0.3, -0.25) is 9.36 Å². The average Bonchev–Trinajstić information content (AvgIpc) is 3.28. The lowest BCUT2D eigenvalue weighted by Gasteiger charge is -2.19. The fraction of sp³-hybridized carbons (Fsp3) is 0.174. The predicted octanol–water partition coefficient (Wildman–Crippen LogP) is 3.45. The van der Waals surface area contributed by atoms with Gasteiger partial charge in [0.15, 0.2) is 4.90 Å². The summed E-state index contributed by atoms with van der Waals surface area (Å²) in [5, 5.41) is -0.679. The summed E-state index contributed by atoms with van der Waals surface area (Å²) in [6.45, 7) is 1.67. The van der Waals surface area contributed by atoms with Gasteiger partial charge in [-0.15, -0.1) is 11.3 Å². The smallest absolute Gasteiger partial charge is 0.348 e. The van der Waals surface area contributed by atoms with Gasteiger partial charge < -0.3 is 9.29 Å². The van der Waals surface area contributed by atoms with Crippen LogP contribution in [0.1, 0.15) is 27.5 Å². The summed E-state index contributed by atoms with van der Waals surface area (Å²) in [7, 11) is 1.52. The number of fused-ring (bicyclic) bond motifs is 1. The highest BCUT2D eigenvalue weighted by Gasteiger charge is 2.28. The van der Waals surface area contributed by atoms with E-state index in [-0.39, 0.29) is 16.9 Å². The van der Waals surface area contributed by atoms with Crippen LogP contribution in [0, 0.1) is 0 Å². The van der Waals surface area contributed by atoms with Crippen LogP contribution in [0.3, 0.4) is 0 Å². The van der Waals surface area contributed by atoms with E-state index in [1.807, 2.05) is 30.3 Å². The third-order valence-corrected chi connectivity index (χ3v) is 7.78. The van der Waals surface area contributed by atoms with E-state index in [1.54, 1.807) is 37.3 Å². The molecule has 0 fully saturated rings. The Morgan fingerprint density at radius 1 is 1.09 bits per heavy atom. The van der Waals surface area contributed by atoms with Gasteiger partial charge in [0, 0.05) is 25.1 Å². The molecule has 0 amide bonds. The van der Waals surface area contributed by atoms with Crippen LogP contribution in [0.25, 0.3) is 10.2 Å². The number of aryl methyl sites for hydroxylation is 1. The molecule has 2 unspecified atom stereocenters. The lowest BCUT2D eigenvalue weighted by Crippen LogP contribution is -2.42. The van der Waals surface area contributed by atoms with Crippen LogP contribution >= 0.6 is 11.3 Å². The number of nitrogens with zero attached hydrogens (tertiary/aromatic N) is 2. The maximum atomic E-state index is 13.2. The monoisotopic (exact) mass is 468 g/mol. The molecule has 9 heteroatoms. The van der Waals surface area contributed by atoms with Gasteiger partial charge in [0.25, 0.3) is 5.56 Å². The molecule has 0 N–H and O–H groups in total. The molecule has 0 radical (unpaired) electrons. The lowest BCUT2D eigenvalue weighted by molar-refractivity contribution is 0.0478. The summed E-state index contributed by atoms with van der Waals surface area (Å²) in [6.07, 6.45) is 0. The van der Waals surface area contributed by atoms with E-state index in [4.69, 9.17) is 4.74 Å². The number of hydrogen-bond acceptors (Lipinski definition) is 6. The van der Waals surface area contributed by atoms with Gasteiger partial charge >= 0.3 is 11.7 Å². The van der Waals surface area contributed by atoms with Crippen molar-refractivity contribution in [2.24, 2.45) is 7.05 Å². The number of carbonyl (C=O) groups excluding carboxylic acids is 1. The van der Waals surface area contributed by atoms with Crippen LogP contribution < -0.4 is 11.2 Å². The minimum atomic E-state index is -1.62. The number of rotatable bonds is 6. The molecule has 0 saturated heterocycles. The Hall–Kier alpha value is -3.14. The Kier molecular flexibility index (Phi) is 6.31. The highest BCUT2D eigenvalue weighted by Crippen LogP contribution is 2.25. The van der Waals surface area contributed by atoms with Gasteiger partial charge in [-0.2, -0.15) is 0 Å². The molecule has 4 rings (SSSR count). The van der Waals surface area contributed by atoms with Crippen molar-refractivity contribution in [1.82, 2.24) is 9.13 Å².